The summed E-state index contributed by atoms with van der Waals surface area (Å²) in [4.78, 5) is 13.7. The van der Waals surface area contributed by atoms with Crippen LogP contribution in [0.1, 0.15) is 16.7 Å². The molecule has 5 heteroatoms. The molecule has 0 fully saturated rings. The Bertz CT molecular complexity index is 694. The van der Waals surface area contributed by atoms with Crippen LogP contribution >= 0.6 is 0 Å². The molecule has 126 valence electrons. The smallest absolute Gasteiger partial charge is 0.387 e. The van der Waals surface area contributed by atoms with E-state index in [4.69, 9.17) is 0 Å². The van der Waals surface area contributed by atoms with Gasteiger partial charge in [0.2, 0.25) is 5.91 Å². The van der Waals surface area contributed by atoms with Gasteiger partial charge in [0.15, 0.2) is 0 Å². The molecule has 0 heterocycles. The van der Waals surface area contributed by atoms with Crippen molar-refractivity contribution in [3.8, 4) is 5.75 Å². The molecule has 0 saturated carbocycles. The van der Waals surface area contributed by atoms with Crippen molar-refractivity contribution in [1.82, 2.24) is 4.90 Å². The normalized spacial score (nSPS) is 11.0. The standard InChI is InChI=1S/C19H19F2NO2/c1-14-3-5-15(6-4-14)9-12-18(23)22(2)13-16-7-10-17(11-8-16)24-19(20)21/h3-12,19H,13H2,1-2H3/b12-9+. The van der Waals surface area contributed by atoms with Crippen molar-refractivity contribution in [3.05, 3.63) is 71.3 Å². The van der Waals surface area contributed by atoms with Crippen LogP contribution in [0.5, 0.6) is 5.75 Å². The molecule has 0 aliphatic rings. The zero-order valence-corrected chi connectivity index (χ0v) is 13.6. The number of likely N-dealkylation sites (N-methyl/N-ethyl adjacent to an activating group) is 1. The number of carbonyl (C=O) groups excluding carboxylic acids is 1. The van der Waals surface area contributed by atoms with Crippen LogP contribution in [-0.4, -0.2) is 24.5 Å². The molecule has 0 spiro atoms. The molecule has 0 saturated heterocycles. The summed E-state index contributed by atoms with van der Waals surface area (Å²) >= 11 is 0. The third-order valence-corrected chi connectivity index (χ3v) is 3.44. The number of halogens is 2. The van der Waals surface area contributed by atoms with Crippen LogP contribution in [0, 0.1) is 6.92 Å². The Morgan fingerprint density at radius 1 is 1.12 bits per heavy atom. The Hall–Kier alpha value is -2.69. The lowest BCUT2D eigenvalue weighted by Crippen LogP contribution is -2.24. The number of benzene rings is 2. The Morgan fingerprint density at radius 3 is 2.33 bits per heavy atom. The molecule has 2 aromatic carbocycles. The molecule has 3 nitrogen and oxygen atoms in total. The van der Waals surface area contributed by atoms with E-state index in [1.54, 1.807) is 30.2 Å². The number of rotatable bonds is 6. The number of hydrogen-bond donors (Lipinski definition) is 0. The van der Waals surface area contributed by atoms with Crippen LogP contribution in [0.25, 0.3) is 6.08 Å². The van der Waals surface area contributed by atoms with E-state index in [-0.39, 0.29) is 11.7 Å². The zero-order valence-electron chi connectivity index (χ0n) is 13.6. The van der Waals surface area contributed by atoms with Gasteiger partial charge in [0.1, 0.15) is 5.75 Å². The molecular formula is C19H19F2NO2. The lowest BCUT2D eigenvalue weighted by atomic mass is 10.1. The molecule has 1 amide bonds. The minimum Gasteiger partial charge on any atom is -0.435 e. The van der Waals surface area contributed by atoms with Gasteiger partial charge >= 0.3 is 6.61 Å². The first-order valence-corrected chi connectivity index (χ1v) is 7.47. The fraction of sp³-hybridized carbons (Fsp3) is 0.211. The van der Waals surface area contributed by atoms with Crippen LogP contribution in [0.3, 0.4) is 0 Å². The van der Waals surface area contributed by atoms with E-state index in [0.29, 0.717) is 6.54 Å². The Kier molecular flexibility index (Phi) is 6.07. The molecule has 0 radical (unpaired) electrons. The SMILES string of the molecule is Cc1ccc(/C=C/C(=O)N(C)Cc2ccc(OC(F)F)cc2)cc1. The summed E-state index contributed by atoms with van der Waals surface area (Å²) < 4.78 is 28.5. The van der Waals surface area contributed by atoms with Crippen molar-refractivity contribution in [2.75, 3.05) is 7.05 Å². The Morgan fingerprint density at radius 2 is 1.75 bits per heavy atom. The van der Waals surface area contributed by atoms with Gasteiger partial charge in [-0.3, -0.25) is 4.79 Å². The molecule has 0 aliphatic carbocycles. The average molecular weight is 331 g/mol. The molecule has 2 aromatic rings. The first kappa shape index (κ1) is 17.7. The highest BCUT2D eigenvalue weighted by atomic mass is 19.3. The largest absolute Gasteiger partial charge is 0.435 e. The van der Waals surface area contributed by atoms with Crippen molar-refractivity contribution in [2.45, 2.75) is 20.1 Å². The van der Waals surface area contributed by atoms with Gasteiger partial charge in [-0.25, -0.2) is 0 Å². The van der Waals surface area contributed by atoms with Gasteiger partial charge in [0, 0.05) is 19.7 Å². The maximum absolute atomic E-state index is 12.1. The fourth-order valence-electron chi connectivity index (χ4n) is 2.10. The predicted molar refractivity (Wildman–Crippen MR) is 89.8 cm³/mol. The van der Waals surface area contributed by atoms with Crippen molar-refractivity contribution in [1.29, 1.82) is 0 Å². The van der Waals surface area contributed by atoms with Gasteiger partial charge in [-0.05, 0) is 36.3 Å². The maximum atomic E-state index is 12.1. The maximum Gasteiger partial charge on any atom is 0.387 e. The van der Waals surface area contributed by atoms with E-state index in [1.807, 2.05) is 31.2 Å². The molecule has 0 aromatic heterocycles. The van der Waals surface area contributed by atoms with Gasteiger partial charge in [-0.15, -0.1) is 0 Å². The summed E-state index contributed by atoms with van der Waals surface area (Å²) in [5, 5.41) is 0. The van der Waals surface area contributed by atoms with Gasteiger partial charge < -0.3 is 9.64 Å². The summed E-state index contributed by atoms with van der Waals surface area (Å²) in [6.07, 6.45) is 3.27. The fourth-order valence-corrected chi connectivity index (χ4v) is 2.10. The third kappa shape index (κ3) is 5.50. The van der Waals surface area contributed by atoms with Crippen LogP contribution in [-0.2, 0) is 11.3 Å². The van der Waals surface area contributed by atoms with Crippen LogP contribution < -0.4 is 4.74 Å². The molecule has 2 rings (SSSR count). The molecule has 0 N–H and O–H groups in total. The molecular weight excluding hydrogens is 312 g/mol. The quantitative estimate of drug-likeness (QED) is 0.740. The van der Waals surface area contributed by atoms with Gasteiger partial charge in [-0.2, -0.15) is 8.78 Å². The van der Waals surface area contributed by atoms with Crippen molar-refractivity contribution in [3.63, 3.8) is 0 Å². The van der Waals surface area contributed by atoms with E-state index in [0.717, 1.165) is 16.7 Å². The van der Waals surface area contributed by atoms with E-state index >= 15 is 0 Å². The zero-order chi connectivity index (χ0) is 17.5. The molecule has 0 atom stereocenters. The molecule has 24 heavy (non-hydrogen) atoms. The first-order chi connectivity index (χ1) is 11.4. The van der Waals surface area contributed by atoms with E-state index in [9.17, 15) is 13.6 Å². The van der Waals surface area contributed by atoms with Crippen molar-refractivity contribution < 1.29 is 18.3 Å². The highest BCUT2D eigenvalue weighted by Gasteiger charge is 2.07. The Labute approximate surface area is 140 Å². The van der Waals surface area contributed by atoms with E-state index < -0.39 is 6.61 Å². The van der Waals surface area contributed by atoms with Gasteiger partial charge in [0.25, 0.3) is 0 Å². The number of hydrogen-bond acceptors (Lipinski definition) is 2. The summed E-state index contributed by atoms with van der Waals surface area (Å²) in [5.74, 6) is -0.0366. The van der Waals surface area contributed by atoms with Crippen LogP contribution in [0.4, 0.5) is 8.78 Å². The van der Waals surface area contributed by atoms with Crippen LogP contribution in [0.15, 0.2) is 54.6 Å². The third-order valence-electron chi connectivity index (χ3n) is 3.44. The number of nitrogens with zero attached hydrogens (tertiary/aromatic N) is 1. The first-order valence-electron chi connectivity index (χ1n) is 7.47. The highest BCUT2D eigenvalue weighted by molar-refractivity contribution is 5.91. The average Bonchev–Trinajstić information content (AvgIpc) is 2.55. The topological polar surface area (TPSA) is 29.5 Å². The van der Waals surface area contributed by atoms with Crippen molar-refractivity contribution in [2.24, 2.45) is 0 Å². The highest BCUT2D eigenvalue weighted by Crippen LogP contribution is 2.16. The van der Waals surface area contributed by atoms with Crippen LogP contribution in [0.2, 0.25) is 0 Å². The minimum atomic E-state index is -2.84. The number of amides is 1. The summed E-state index contributed by atoms with van der Waals surface area (Å²) in [5.41, 5.74) is 2.95. The number of carbonyl (C=O) groups is 1. The summed E-state index contributed by atoms with van der Waals surface area (Å²) in [6.45, 7) is -0.456. The van der Waals surface area contributed by atoms with Crippen molar-refractivity contribution >= 4 is 12.0 Å². The summed E-state index contributed by atoms with van der Waals surface area (Å²) in [6, 6.07) is 14.1. The second-order valence-electron chi connectivity index (χ2n) is 5.46. The Balaban J connectivity index is 1.92. The minimum absolute atomic E-state index is 0.0991. The second-order valence-corrected chi connectivity index (χ2v) is 5.46. The number of ether oxygens (including phenoxy) is 1. The van der Waals surface area contributed by atoms with E-state index in [1.165, 1.54) is 18.2 Å². The molecule has 0 unspecified atom stereocenters. The van der Waals surface area contributed by atoms with Gasteiger partial charge in [0.05, 0.1) is 0 Å². The lowest BCUT2D eigenvalue weighted by molar-refractivity contribution is -0.125. The second kappa shape index (κ2) is 8.24. The van der Waals surface area contributed by atoms with Gasteiger partial charge in [-0.1, -0.05) is 42.0 Å². The number of alkyl halides is 2. The molecule has 0 bridgehead atoms. The van der Waals surface area contributed by atoms with E-state index in [2.05, 4.69) is 4.74 Å². The molecule has 0 aliphatic heterocycles. The lowest BCUT2D eigenvalue weighted by Gasteiger charge is -2.15. The predicted octanol–water partition coefficient (Wildman–Crippen LogP) is 4.27. The number of aryl methyl sites for hydroxylation is 1. The summed E-state index contributed by atoms with van der Waals surface area (Å²) in [7, 11) is 1.69. The monoisotopic (exact) mass is 331 g/mol.